The Labute approximate surface area is 320 Å². The first-order valence-electron chi connectivity index (χ1n) is 21.0. The van der Waals surface area contributed by atoms with Gasteiger partial charge in [0.05, 0.1) is 17.6 Å². The maximum absolute atomic E-state index is 14.3. The van der Waals surface area contributed by atoms with Crippen molar-refractivity contribution in [3.05, 3.63) is 12.2 Å². The van der Waals surface area contributed by atoms with Crippen LogP contribution in [0.3, 0.4) is 0 Å². The van der Waals surface area contributed by atoms with Crippen molar-refractivity contribution in [1.82, 2.24) is 4.90 Å². The summed E-state index contributed by atoms with van der Waals surface area (Å²) in [5.41, 5.74) is 0.260. The molecule has 0 bridgehead atoms. The molecule has 5 saturated carbocycles. The molecule has 300 valence electrons. The van der Waals surface area contributed by atoms with E-state index in [1.807, 2.05) is 0 Å². The van der Waals surface area contributed by atoms with Crippen LogP contribution in [0, 0.1) is 62.1 Å². The van der Waals surface area contributed by atoms with Crippen LogP contribution < -0.4 is 0 Å². The third kappa shape index (κ3) is 6.74. The van der Waals surface area contributed by atoms with E-state index in [0.29, 0.717) is 42.4 Å². The summed E-state index contributed by atoms with van der Waals surface area (Å²) in [6.45, 7) is 23.1. The second-order valence-corrected chi connectivity index (χ2v) is 23.5. The first-order chi connectivity index (χ1) is 24.4. The molecule has 0 aromatic rings. The summed E-state index contributed by atoms with van der Waals surface area (Å²) in [6.07, 6.45) is 14.7. The topological polar surface area (TPSA) is 118 Å². The molecule has 1 N–H and O–H groups in total. The first-order valence-corrected chi connectivity index (χ1v) is 23.0. The SMILES string of the molecule is C=C(C)[C@@H]1CC[C@]2(CC(=O)N3CCC[C@H]3CCS(C)(=O)=O)CC[C@]3(C)[C@H](CC[C@@H]4[C@@]5(C)CC[C@H](OC(=O)CC(C)(C)C(=O)O)C(C)(C)[C@@H]5CC[C@]43C)[C@@H]12. The number of rotatable bonds is 10. The van der Waals surface area contributed by atoms with Gasteiger partial charge in [-0.05, 0) is 155 Å². The number of hydrogen-bond donors (Lipinski definition) is 1. The first kappa shape index (κ1) is 40.8. The van der Waals surface area contributed by atoms with Crippen LogP contribution in [0.1, 0.15) is 152 Å². The normalized spacial score (nSPS) is 42.1. The Morgan fingerprint density at radius 3 is 2.23 bits per heavy atom. The molecule has 6 aliphatic rings. The van der Waals surface area contributed by atoms with Crippen LogP contribution in [-0.4, -0.2) is 67.0 Å². The number of carboxylic acids is 1. The van der Waals surface area contributed by atoms with E-state index in [0.717, 1.165) is 70.8 Å². The number of amides is 1. The van der Waals surface area contributed by atoms with Crippen molar-refractivity contribution in [3.8, 4) is 0 Å². The highest BCUT2D eigenvalue weighted by Gasteiger charge is 2.71. The van der Waals surface area contributed by atoms with Gasteiger partial charge in [-0.3, -0.25) is 14.4 Å². The summed E-state index contributed by atoms with van der Waals surface area (Å²) in [5, 5.41) is 9.62. The van der Waals surface area contributed by atoms with Gasteiger partial charge in [-0.1, -0.05) is 46.8 Å². The van der Waals surface area contributed by atoms with Gasteiger partial charge < -0.3 is 14.7 Å². The van der Waals surface area contributed by atoms with Crippen LogP contribution in [0.15, 0.2) is 12.2 Å². The Hall–Kier alpha value is -1.90. The van der Waals surface area contributed by atoms with Crippen LogP contribution in [0.2, 0.25) is 0 Å². The molecule has 5 aliphatic carbocycles. The van der Waals surface area contributed by atoms with Crippen LogP contribution >= 0.6 is 0 Å². The number of hydrogen-bond acceptors (Lipinski definition) is 6. The predicted octanol–water partition coefficient (Wildman–Crippen LogP) is 8.87. The molecule has 1 saturated heterocycles. The maximum atomic E-state index is 14.3. The summed E-state index contributed by atoms with van der Waals surface area (Å²) in [7, 11) is -3.08. The summed E-state index contributed by atoms with van der Waals surface area (Å²) in [5.74, 6) is 1.33. The van der Waals surface area contributed by atoms with E-state index in [4.69, 9.17) is 4.74 Å². The quantitative estimate of drug-likeness (QED) is 0.175. The minimum absolute atomic E-state index is 0.0295. The molecule has 0 aromatic carbocycles. The van der Waals surface area contributed by atoms with Crippen LogP contribution in [0.5, 0.6) is 0 Å². The molecule has 6 fully saturated rings. The molecule has 1 heterocycles. The van der Waals surface area contributed by atoms with Gasteiger partial charge in [0.1, 0.15) is 15.9 Å². The van der Waals surface area contributed by atoms with Crippen molar-refractivity contribution < 1.29 is 32.6 Å². The molecule has 1 aliphatic heterocycles. The maximum Gasteiger partial charge on any atom is 0.309 e. The molecule has 0 aromatic heterocycles. The van der Waals surface area contributed by atoms with Crippen molar-refractivity contribution in [3.63, 3.8) is 0 Å². The molecule has 0 radical (unpaired) electrons. The number of aliphatic carboxylic acids is 1. The Kier molecular flexibility index (Phi) is 10.5. The molecule has 8 nitrogen and oxygen atoms in total. The molecule has 1 amide bonds. The number of fused-ring (bicyclic) bond motifs is 7. The zero-order valence-electron chi connectivity index (χ0n) is 34.5. The molecular formula is C44H71NO7S. The molecule has 53 heavy (non-hydrogen) atoms. The van der Waals surface area contributed by atoms with E-state index in [1.165, 1.54) is 24.7 Å². The smallest absolute Gasteiger partial charge is 0.309 e. The molecule has 0 unspecified atom stereocenters. The summed E-state index contributed by atoms with van der Waals surface area (Å²) in [6, 6.07) is 0.0315. The lowest BCUT2D eigenvalue weighted by molar-refractivity contribution is -0.250. The summed E-state index contributed by atoms with van der Waals surface area (Å²) in [4.78, 5) is 41.3. The van der Waals surface area contributed by atoms with Gasteiger partial charge in [0.25, 0.3) is 0 Å². The third-order valence-electron chi connectivity index (χ3n) is 17.6. The minimum Gasteiger partial charge on any atom is -0.481 e. The van der Waals surface area contributed by atoms with Crippen molar-refractivity contribution in [2.75, 3.05) is 18.6 Å². The largest absolute Gasteiger partial charge is 0.481 e. The van der Waals surface area contributed by atoms with Crippen molar-refractivity contribution in [2.45, 2.75) is 164 Å². The number of carboxylic acid groups (broad SMARTS) is 1. The fraction of sp³-hybridized carbons (Fsp3) is 0.886. The van der Waals surface area contributed by atoms with Gasteiger partial charge in [-0.25, -0.2) is 8.42 Å². The molecular weight excluding hydrogens is 687 g/mol. The number of carbonyl (C=O) groups excluding carboxylic acids is 2. The van der Waals surface area contributed by atoms with Crippen LogP contribution in [0.4, 0.5) is 0 Å². The molecule has 9 heteroatoms. The monoisotopic (exact) mass is 757 g/mol. The van der Waals surface area contributed by atoms with Crippen LogP contribution in [-0.2, 0) is 29.0 Å². The fourth-order valence-electron chi connectivity index (χ4n) is 14.6. The fourth-order valence-corrected chi connectivity index (χ4v) is 15.3. The molecule has 0 spiro atoms. The molecule has 11 atom stereocenters. The van der Waals surface area contributed by atoms with E-state index in [2.05, 4.69) is 53.0 Å². The van der Waals surface area contributed by atoms with Crippen molar-refractivity contribution >= 4 is 27.7 Å². The second-order valence-electron chi connectivity index (χ2n) is 21.2. The molecule has 6 rings (SSSR count). The second kappa shape index (κ2) is 13.6. The van der Waals surface area contributed by atoms with Gasteiger partial charge >= 0.3 is 11.9 Å². The number of allylic oxidation sites excluding steroid dienone is 1. The number of likely N-dealkylation sites (tertiary alicyclic amines) is 1. The zero-order chi connectivity index (χ0) is 39.2. The van der Waals surface area contributed by atoms with E-state index >= 15 is 0 Å². The lowest BCUT2D eigenvalue weighted by atomic mass is 9.32. The van der Waals surface area contributed by atoms with Gasteiger partial charge in [-0.15, -0.1) is 0 Å². The highest BCUT2D eigenvalue weighted by atomic mass is 32.2. The van der Waals surface area contributed by atoms with Gasteiger partial charge in [0, 0.05) is 30.7 Å². The average molecular weight is 758 g/mol. The zero-order valence-corrected chi connectivity index (χ0v) is 35.3. The highest BCUT2D eigenvalue weighted by Crippen LogP contribution is 2.78. The lowest BCUT2D eigenvalue weighted by Gasteiger charge is -2.73. The standard InChI is InChI=1S/C44H71NO7S/c1-28(2)30-15-21-44(26-35(46)45-24-11-12-29(45)18-25-53(10,50)51)23-22-42(8)31(37(30)44)13-14-33-41(7)19-17-34(52-36(47)27-39(3,4)38(48)49)40(5,6)32(41)16-20-43(33,42)9/h29-34,37H,1,11-27H2,2-10H3,(H,48,49)/t29-,30-,31+,32-,33+,34-,37+,41-,42+,43+,44+/m0/s1. The Bertz CT molecular complexity index is 1600. The number of ether oxygens (including phenoxy) is 1. The van der Waals surface area contributed by atoms with E-state index in [9.17, 15) is 27.9 Å². The number of carbonyl (C=O) groups is 3. The number of nitrogens with zero attached hydrogens (tertiary/aromatic N) is 1. The number of esters is 1. The Morgan fingerprint density at radius 2 is 1.58 bits per heavy atom. The van der Waals surface area contributed by atoms with Gasteiger partial charge in [0.15, 0.2) is 0 Å². The van der Waals surface area contributed by atoms with E-state index < -0.39 is 27.2 Å². The predicted molar refractivity (Wildman–Crippen MR) is 209 cm³/mol. The Morgan fingerprint density at radius 1 is 0.887 bits per heavy atom. The van der Waals surface area contributed by atoms with Crippen LogP contribution in [0.25, 0.3) is 0 Å². The Balaban J connectivity index is 1.23. The van der Waals surface area contributed by atoms with Crippen molar-refractivity contribution in [2.24, 2.45) is 62.1 Å². The van der Waals surface area contributed by atoms with Gasteiger partial charge in [-0.2, -0.15) is 0 Å². The van der Waals surface area contributed by atoms with Crippen molar-refractivity contribution in [1.29, 1.82) is 0 Å². The average Bonchev–Trinajstić information content (AvgIpc) is 3.67. The summed E-state index contributed by atoms with van der Waals surface area (Å²) < 4.78 is 30.2. The van der Waals surface area contributed by atoms with E-state index in [-0.39, 0.29) is 57.3 Å². The van der Waals surface area contributed by atoms with E-state index in [1.54, 1.807) is 13.8 Å². The minimum atomic E-state index is -3.08. The third-order valence-corrected chi connectivity index (χ3v) is 18.6. The summed E-state index contributed by atoms with van der Waals surface area (Å²) >= 11 is 0. The number of sulfone groups is 1. The van der Waals surface area contributed by atoms with Gasteiger partial charge in [0.2, 0.25) is 5.91 Å². The highest BCUT2D eigenvalue weighted by molar-refractivity contribution is 7.90. The lowest BCUT2D eigenvalue weighted by Crippen LogP contribution is -2.67.